The minimum atomic E-state index is -1.47. The molecule has 0 radical (unpaired) electrons. The number of aliphatic carboxylic acids is 2. The summed E-state index contributed by atoms with van der Waals surface area (Å²) in [4.78, 5) is 64.3. The SMILES string of the molecule is CC(C)C(NC(=O)C(N)CS)C(=O)NC(Cc1c[nH]c2ccccc12)C(=O)NC(CCC(=O)O)C(=O)O. The number of fused-ring (bicyclic) bond motifs is 1. The van der Waals surface area contributed by atoms with Gasteiger partial charge in [0.2, 0.25) is 17.7 Å². The average molecular weight is 536 g/mol. The number of carbonyl (C=O) groups excluding carboxylic acids is 3. The molecule has 2 rings (SSSR count). The second-order valence-corrected chi connectivity index (χ2v) is 9.34. The fourth-order valence-corrected chi connectivity index (χ4v) is 3.83. The van der Waals surface area contributed by atoms with Crippen molar-refractivity contribution < 1.29 is 34.2 Å². The summed E-state index contributed by atoms with van der Waals surface area (Å²) in [6.45, 7) is 3.41. The maximum absolute atomic E-state index is 13.2. The zero-order chi connectivity index (χ0) is 27.7. The fourth-order valence-electron chi connectivity index (χ4n) is 3.67. The van der Waals surface area contributed by atoms with Crippen LogP contribution in [0.4, 0.5) is 0 Å². The molecule has 13 heteroatoms. The predicted octanol–water partition coefficient (Wildman–Crippen LogP) is 0.0273. The highest BCUT2D eigenvalue weighted by atomic mass is 32.1. The quantitative estimate of drug-likeness (QED) is 0.155. The van der Waals surface area contributed by atoms with Crippen molar-refractivity contribution in [2.45, 2.75) is 57.3 Å². The largest absolute Gasteiger partial charge is 0.481 e. The van der Waals surface area contributed by atoms with Gasteiger partial charge < -0.3 is 36.9 Å². The number of carboxylic acids is 2. The molecule has 2 aromatic rings. The van der Waals surface area contributed by atoms with Crippen LogP contribution in [-0.2, 0) is 30.4 Å². The Morgan fingerprint density at radius 1 is 0.973 bits per heavy atom. The minimum Gasteiger partial charge on any atom is -0.481 e. The molecule has 0 saturated heterocycles. The van der Waals surface area contributed by atoms with E-state index in [1.54, 1.807) is 20.0 Å². The van der Waals surface area contributed by atoms with Gasteiger partial charge in [-0.05, 0) is 24.0 Å². The van der Waals surface area contributed by atoms with Crippen LogP contribution in [0.5, 0.6) is 0 Å². The molecule has 4 unspecified atom stereocenters. The first-order valence-corrected chi connectivity index (χ1v) is 12.3. The maximum Gasteiger partial charge on any atom is 0.326 e. The Morgan fingerprint density at radius 2 is 1.62 bits per heavy atom. The lowest BCUT2D eigenvalue weighted by molar-refractivity contribution is -0.143. The van der Waals surface area contributed by atoms with Crippen LogP contribution in [0.3, 0.4) is 0 Å². The number of hydrogen-bond acceptors (Lipinski definition) is 7. The number of nitrogens with one attached hydrogen (secondary N) is 4. The van der Waals surface area contributed by atoms with Crippen molar-refractivity contribution in [3.8, 4) is 0 Å². The van der Waals surface area contributed by atoms with Gasteiger partial charge in [0.25, 0.3) is 0 Å². The van der Waals surface area contributed by atoms with Crippen LogP contribution < -0.4 is 21.7 Å². The molecular weight excluding hydrogens is 502 g/mol. The van der Waals surface area contributed by atoms with E-state index in [9.17, 15) is 29.1 Å². The van der Waals surface area contributed by atoms with E-state index in [0.29, 0.717) is 5.56 Å². The highest BCUT2D eigenvalue weighted by molar-refractivity contribution is 7.80. The number of hydrogen-bond donors (Lipinski definition) is 8. The van der Waals surface area contributed by atoms with Crippen LogP contribution >= 0.6 is 12.6 Å². The second kappa shape index (κ2) is 13.7. The van der Waals surface area contributed by atoms with Crippen LogP contribution in [0, 0.1) is 5.92 Å². The molecule has 202 valence electrons. The summed E-state index contributed by atoms with van der Waals surface area (Å²) < 4.78 is 0. The highest BCUT2D eigenvalue weighted by Gasteiger charge is 2.32. The van der Waals surface area contributed by atoms with Crippen molar-refractivity contribution in [2.24, 2.45) is 11.7 Å². The summed E-state index contributed by atoms with van der Waals surface area (Å²) in [5.41, 5.74) is 7.20. The molecule has 1 aromatic heterocycles. The van der Waals surface area contributed by atoms with Gasteiger partial charge in [-0.2, -0.15) is 12.6 Å². The van der Waals surface area contributed by atoms with Crippen LogP contribution in [-0.4, -0.2) is 74.8 Å². The first-order chi connectivity index (χ1) is 17.4. The number of nitrogens with two attached hydrogens (primary N) is 1. The number of aromatic amines is 1. The third-order valence-corrected chi connectivity index (χ3v) is 6.17. The number of para-hydroxylation sites is 1. The Morgan fingerprint density at radius 3 is 2.22 bits per heavy atom. The number of amides is 3. The first-order valence-electron chi connectivity index (χ1n) is 11.7. The van der Waals surface area contributed by atoms with E-state index in [1.807, 2.05) is 24.3 Å². The van der Waals surface area contributed by atoms with E-state index in [2.05, 4.69) is 33.6 Å². The zero-order valence-electron chi connectivity index (χ0n) is 20.6. The topological polar surface area (TPSA) is 204 Å². The van der Waals surface area contributed by atoms with Gasteiger partial charge in [0.1, 0.15) is 18.1 Å². The summed E-state index contributed by atoms with van der Waals surface area (Å²) in [5.74, 6) is -4.96. The molecule has 0 aliphatic heterocycles. The van der Waals surface area contributed by atoms with Gasteiger partial charge in [0.05, 0.1) is 6.04 Å². The molecule has 4 atom stereocenters. The summed E-state index contributed by atoms with van der Waals surface area (Å²) in [6.07, 6.45) is 0.880. The number of aromatic nitrogens is 1. The molecule has 0 saturated carbocycles. The van der Waals surface area contributed by atoms with Crippen molar-refractivity contribution in [1.29, 1.82) is 0 Å². The van der Waals surface area contributed by atoms with Crippen LogP contribution in [0.1, 0.15) is 32.3 Å². The van der Waals surface area contributed by atoms with Gasteiger partial charge in [-0.25, -0.2) is 4.79 Å². The molecule has 3 amide bonds. The van der Waals surface area contributed by atoms with Crippen LogP contribution in [0.15, 0.2) is 30.5 Å². The lowest BCUT2D eigenvalue weighted by atomic mass is 10.00. The van der Waals surface area contributed by atoms with Crippen molar-refractivity contribution in [2.75, 3.05) is 5.75 Å². The molecule has 0 aliphatic rings. The van der Waals surface area contributed by atoms with Crippen molar-refractivity contribution in [3.63, 3.8) is 0 Å². The van der Waals surface area contributed by atoms with E-state index in [4.69, 9.17) is 10.8 Å². The van der Waals surface area contributed by atoms with E-state index in [1.165, 1.54) is 0 Å². The van der Waals surface area contributed by atoms with Crippen LogP contribution in [0.2, 0.25) is 0 Å². The lowest BCUT2D eigenvalue weighted by Crippen LogP contribution is -2.59. The van der Waals surface area contributed by atoms with Gasteiger partial charge in [-0.1, -0.05) is 32.0 Å². The summed E-state index contributed by atoms with van der Waals surface area (Å²) >= 11 is 3.99. The Labute approximate surface area is 219 Å². The van der Waals surface area contributed by atoms with Gasteiger partial charge in [-0.3, -0.25) is 19.2 Å². The third-order valence-electron chi connectivity index (χ3n) is 5.77. The fraction of sp³-hybridized carbons (Fsp3) is 0.458. The average Bonchev–Trinajstić information content (AvgIpc) is 3.25. The summed E-state index contributed by atoms with van der Waals surface area (Å²) in [7, 11) is 0. The van der Waals surface area contributed by atoms with E-state index >= 15 is 0 Å². The number of thiol groups is 1. The number of benzene rings is 1. The Kier molecular flexibility index (Phi) is 10.9. The molecule has 0 bridgehead atoms. The molecule has 37 heavy (non-hydrogen) atoms. The molecule has 1 aromatic carbocycles. The summed E-state index contributed by atoms with van der Waals surface area (Å²) in [6, 6.07) is 2.66. The van der Waals surface area contributed by atoms with Gasteiger partial charge >= 0.3 is 11.9 Å². The number of rotatable bonds is 14. The zero-order valence-corrected chi connectivity index (χ0v) is 21.5. The predicted molar refractivity (Wildman–Crippen MR) is 139 cm³/mol. The minimum absolute atomic E-state index is 0.00176. The molecule has 0 aliphatic carbocycles. The van der Waals surface area contributed by atoms with Crippen molar-refractivity contribution >= 4 is 53.2 Å². The Hall–Kier alpha value is -3.58. The summed E-state index contributed by atoms with van der Waals surface area (Å²) in [5, 5.41) is 26.7. The number of H-pyrrole nitrogens is 1. The normalized spacial score (nSPS) is 14.4. The van der Waals surface area contributed by atoms with E-state index in [-0.39, 0.29) is 24.5 Å². The number of carbonyl (C=O) groups is 5. The van der Waals surface area contributed by atoms with E-state index < -0.39 is 60.2 Å². The van der Waals surface area contributed by atoms with Crippen LogP contribution in [0.25, 0.3) is 10.9 Å². The monoisotopic (exact) mass is 535 g/mol. The molecule has 0 fully saturated rings. The van der Waals surface area contributed by atoms with Gasteiger partial charge in [0, 0.05) is 35.7 Å². The molecule has 8 N–H and O–H groups in total. The molecule has 0 spiro atoms. The third kappa shape index (κ3) is 8.50. The first kappa shape index (κ1) is 29.6. The standard InChI is InChI=1S/C24H33N5O7S/c1-12(2)20(29-21(32)15(25)11-37)23(34)28-18(9-13-10-26-16-6-4-3-5-14(13)16)22(33)27-17(24(35)36)7-8-19(30)31/h3-6,10,12,15,17-18,20,26,37H,7-9,11,25H2,1-2H3,(H,27,33)(H,28,34)(H,29,32)(H,30,31)(H,35,36). The second-order valence-electron chi connectivity index (χ2n) is 8.98. The Balaban J connectivity index is 2.31. The van der Waals surface area contributed by atoms with Crippen molar-refractivity contribution in [1.82, 2.24) is 20.9 Å². The van der Waals surface area contributed by atoms with Gasteiger partial charge in [-0.15, -0.1) is 0 Å². The number of carboxylic acid groups (broad SMARTS) is 2. The molecular formula is C24H33N5O7S. The van der Waals surface area contributed by atoms with E-state index in [0.717, 1.165) is 10.9 Å². The van der Waals surface area contributed by atoms with Gasteiger partial charge in [0.15, 0.2) is 0 Å². The maximum atomic E-state index is 13.2. The smallest absolute Gasteiger partial charge is 0.326 e. The highest BCUT2D eigenvalue weighted by Crippen LogP contribution is 2.19. The molecule has 12 nitrogen and oxygen atoms in total. The Bertz CT molecular complexity index is 1140. The molecule has 1 heterocycles. The lowest BCUT2D eigenvalue weighted by Gasteiger charge is -2.27. The van der Waals surface area contributed by atoms with Crippen molar-refractivity contribution in [3.05, 3.63) is 36.0 Å².